The summed E-state index contributed by atoms with van der Waals surface area (Å²) in [5.74, 6) is 0.258. The number of hydrogen-bond acceptors (Lipinski definition) is 8. The predicted octanol–water partition coefficient (Wildman–Crippen LogP) is 0.235. The molecular formula is C17H29N7O4. The van der Waals surface area contributed by atoms with E-state index in [9.17, 15) is 14.7 Å². The molecule has 156 valence electrons. The highest BCUT2D eigenvalue weighted by Crippen LogP contribution is 2.30. The van der Waals surface area contributed by atoms with Crippen LogP contribution in [-0.2, 0) is 4.74 Å². The van der Waals surface area contributed by atoms with E-state index in [1.165, 1.54) is 6.34 Å². The lowest BCUT2D eigenvalue weighted by molar-refractivity contribution is 0.0497. The van der Waals surface area contributed by atoms with Crippen LogP contribution >= 0.6 is 0 Å². The summed E-state index contributed by atoms with van der Waals surface area (Å²) in [7, 11) is 3.56. The Hall–Kier alpha value is -2.66. The Balaban J connectivity index is 2.53. The number of H-pyrrole nitrogens is 1. The summed E-state index contributed by atoms with van der Waals surface area (Å²) < 4.78 is 5.45. The van der Waals surface area contributed by atoms with Gasteiger partial charge >= 0.3 is 6.09 Å². The number of aromatic amines is 1. The lowest BCUT2D eigenvalue weighted by Gasteiger charge is -2.40. The minimum atomic E-state index is -1.08. The van der Waals surface area contributed by atoms with Crippen molar-refractivity contribution in [3.05, 3.63) is 10.4 Å². The second-order valence-corrected chi connectivity index (χ2v) is 7.94. The van der Waals surface area contributed by atoms with Crippen molar-refractivity contribution in [3.8, 4) is 0 Å². The average Bonchev–Trinajstić information content (AvgIpc) is 2.56. The molecule has 1 aromatic heterocycles. The summed E-state index contributed by atoms with van der Waals surface area (Å²) in [6, 6.07) is -1.43. The summed E-state index contributed by atoms with van der Waals surface area (Å²) in [5.41, 5.74) is 4.40. The molecule has 2 heterocycles. The van der Waals surface area contributed by atoms with Crippen molar-refractivity contribution in [2.24, 2.45) is 10.7 Å². The lowest BCUT2D eigenvalue weighted by atomic mass is 10.0. The molecule has 2 rings (SSSR count). The van der Waals surface area contributed by atoms with E-state index >= 15 is 0 Å². The van der Waals surface area contributed by atoms with Crippen LogP contribution in [0.3, 0.4) is 0 Å². The van der Waals surface area contributed by atoms with Crippen molar-refractivity contribution in [1.29, 1.82) is 0 Å². The standard InChI is InChI=1S/C17H29N7O4/c1-9(18)12(25)10-7-19-13-11(24(10)16(27)28-17(2,3)4)14(26)22-15(21-13)20-8-23(5)6/h8-10,12,25H,7,18H2,1-6H3,(H2,19,21,22,26)/t9?,10?,12-/m0/s1. The number of carbonyl (C=O) groups is 1. The number of aliphatic hydroxyl groups excluding tert-OH is 1. The monoisotopic (exact) mass is 395 g/mol. The third kappa shape index (κ3) is 4.98. The van der Waals surface area contributed by atoms with Crippen molar-refractivity contribution in [2.75, 3.05) is 30.9 Å². The van der Waals surface area contributed by atoms with Crippen LogP contribution < -0.4 is 21.5 Å². The molecule has 0 saturated carbocycles. The molecule has 2 unspecified atom stereocenters. The van der Waals surface area contributed by atoms with Gasteiger partial charge in [-0.2, -0.15) is 4.98 Å². The molecule has 0 aromatic carbocycles. The summed E-state index contributed by atoms with van der Waals surface area (Å²) >= 11 is 0. The molecule has 3 atom stereocenters. The van der Waals surface area contributed by atoms with Gasteiger partial charge in [0, 0.05) is 26.7 Å². The second kappa shape index (κ2) is 8.15. The van der Waals surface area contributed by atoms with Gasteiger partial charge in [-0.25, -0.2) is 9.79 Å². The van der Waals surface area contributed by atoms with Crippen LogP contribution in [0.2, 0.25) is 0 Å². The predicted molar refractivity (Wildman–Crippen MR) is 107 cm³/mol. The van der Waals surface area contributed by atoms with E-state index in [0.29, 0.717) is 0 Å². The van der Waals surface area contributed by atoms with Gasteiger partial charge in [-0.3, -0.25) is 14.7 Å². The van der Waals surface area contributed by atoms with Crippen LogP contribution in [0, 0.1) is 0 Å². The van der Waals surface area contributed by atoms with Crippen molar-refractivity contribution in [1.82, 2.24) is 14.9 Å². The molecule has 0 radical (unpaired) electrons. The number of nitrogens with two attached hydrogens (primary N) is 1. The molecule has 1 amide bonds. The van der Waals surface area contributed by atoms with E-state index in [1.54, 1.807) is 46.7 Å². The first-order valence-corrected chi connectivity index (χ1v) is 8.95. The van der Waals surface area contributed by atoms with E-state index in [4.69, 9.17) is 10.5 Å². The Morgan fingerprint density at radius 3 is 2.68 bits per heavy atom. The van der Waals surface area contributed by atoms with Gasteiger partial charge in [0.1, 0.15) is 5.60 Å². The van der Waals surface area contributed by atoms with Crippen molar-refractivity contribution in [3.63, 3.8) is 0 Å². The fraction of sp³-hybridized carbons (Fsp3) is 0.647. The number of fused-ring (bicyclic) bond motifs is 1. The fourth-order valence-corrected chi connectivity index (χ4v) is 2.65. The highest BCUT2D eigenvalue weighted by atomic mass is 16.6. The first kappa shape index (κ1) is 21.6. The summed E-state index contributed by atoms with van der Waals surface area (Å²) in [6.07, 6.45) is -0.363. The maximum Gasteiger partial charge on any atom is 0.415 e. The fourth-order valence-electron chi connectivity index (χ4n) is 2.65. The Kier molecular flexibility index (Phi) is 6.30. The van der Waals surface area contributed by atoms with Gasteiger partial charge in [0.05, 0.1) is 18.5 Å². The van der Waals surface area contributed by atoms with Gasteiger partial charge in [0.25, 0.3) is 5.56 Å². The van der Waals surface area contributed by atoms with Crippen molar-refractivity contribution in [2.45, 2.75) is 51.5 Å². The molecule has 0 aliphatic carbocycles. The number of aliphatic hydroxyl groups is 1. The number of anilines is 2. The van der Waals surface area contributed by atoms with Crippen LogP contribution in [0.4, 0.5) is 22.2 Å². The maximum atomic E-state index is 12.9. The van der Waals surface area contributed by atoms with Gasteiger partial charge in [0.2, 0.25) is 5.95 Å². The molecule has 1 aliphatic rings. The molecule has 11 heteroatoms. The Bertz CT molecular complexity index is 798. The van der Waals surface area contributed by atoms with Gasteiger partial charge in [0.15, 0.2) is 11.5 Å². The number of nitrogens with zero attached hydrogens (tertiary/aromatic N) is 4. The zero-order chi connectivity index (χ0) is 21.2. The van der Waals surface area contributed by atoms with Gasteiger partial charge < -0.3 is 25.8 Å². The third-order valence-corrected chi connectivity index (χ3v) is 3.87. The Morgan fingerprint density at radius 2 is 2.14 bits per heavy atom. The zero-order valence-corrected chi connectivity index (χ0v) is 17.1. The largest absolute Gasteiger partial charge is 0.443 e. The number of rotatable bonds is 4. The normalized spacial score (nSPS) is 19.0. The number of nitrogens with one attached hydrogen (secondary N) is 2. The highest BCUT2D eigenvalue weighted by molar-refractivity contribution is 5.93. The molecular weight excluding hydrogens is 366 g/mol. The molecule has 11 nitrogen and oxygen atoms in total. The summed E-state index contributed by atoms with van der Waals surface area (Å²) in [4.78, 5) is 39.3. The quantitative estimate of drug-likeness (QED) is 0.418. The van der Waals surface area contributed by atoms with E-state index in [1.807, 2.05) is 0 Å². The topological polar surface area (TPSA) is 149 Å². The molecule has 5 N–H and O–H groups in total. The summed E-state index contributed by atoms with van der Waals surface area (Å²) in [5, 5.41) is 13.5. The zero-order valence-electron chi connectivity index (χ0n) is 17.1. The first-order valence-electron chi connectivity index (χ1n) is 8.95. The molecule has 28 heavy (non-hydrogen) atoms. The molecule has 0 bridgehead atoms. The van der Waals surface area contributed by atoms with Gasteiger partial charge in [-0.05, 0) is 27.7 Å². The van der Waals surface area contributed by atoms with Crippen LogP contribution in [0.15, 0.2) is 9.79 Å². The molecule has 1 aromatic rings. The number of aliphatic imine (C=N–C) groups is 1. The second-order valence-electron chi connectivity index (χ2n) is 7.94. The number of ether oxygens (including phenoxy) is 1. The van der Waals surface area contributed by atoms with Crippen molar-refractivity contribution < 1.29 is 14.6 Å². The van der Waals surface area contributed by atoms with Crippen LogP contribution in [0.5, 0.6) is 0 Å². The highest BCUT2D eigenvalue weighted by Gasteiger charge is 2.41. The number of carbonyl (C=O) groups excluding carboxylic acids is 1. The van der Waals surface area contributed by atoms with E-state index in [0.717, 1.165) is 4.90 Å². The number of aromatic nitrogens is 2. The minimum absolute atomic E-state index is 0.0472. The van der Waals surface area contributed by atoms with Gasteiger partial charge in [-0.1, -0.05) is 0 Å². The molecule has 0 saturated heterocycles. The third-order valence-electron chi connectivity index (χ3n) is 3.87. The number of hydrogen-bond donors (Lipinski definition) is 4. The Labute approximate surface area is 163 Å². The van der Waals surface area contributed by atoms with Crippen LogP contribution in [-0.4, -0.2) is 76.8 Å². The Morgan fingerprint density at radius 1 is 1.50 bits per heavy atom. The first-order chi connectivity index (χ1) is 12.9. The van der Waals surface area contributed by atoms with Crippen molar-refractivity contribution >= 4 is 29.9 Å². The van der Waals surface area contributed by atoms with E-state index < -0.39 is 35.4 Å². The van der Waals surface area contributed by atoms with E-state index in [-0.39, 0.29) is 24.0 Å². The smallest absolute Gasteiger partial charge is 0.415 e. The molecule has 0 spiro atoms. The summed E-state index contributed by atoms with van der Waals surface area (Å²) in [6.45, 7) is 6.91. The van der Waals surface area contributed by atoms with Crippen LogP contribution in [0.25, 0.3) is 0 Å². The van der Waals surface area contributed by atoms with Gasteiger partial charge in [-0.15, -0.1) is 0 Å². The lowest BCUT2D eigenvalue weighted by Crippen LogP contribution is -2.59. The molecule has 0 fully saturated rings. The van der Waals surface area contributed by atoms with E-state index in [2.05, 4.69) is 20.3 Å². The van der Waals surface area contributed by atoms with Crippen LogP contribution in [0.1, 0.15) is 27.7 Å². The SMILES string of the molecule is CC(N)[C@H](O)C1CNc2nc(N=CN(C)C)[nH]c(=O)c2N1C(=O)OC(C)(C)C. The maximum absolute atomic E-state index is 12.9. The molecule has 1 aliphatic heterocycles. The average molecular weight is 395 g/mol. The number of amides is 1. The minimum Gasteiger partial charge on any atom is -0.443 e.